The number of carbonyl (C=O) groups is 2. The molecule has 0 rings (SSSR count). The van der Waals surface area contributed by atoms with Crippen molar-refractivity contribution in [3.63, 3.8) is 0 Å². The zero-order valence-corrected chi connectivity index (χ0v) is 24.0. The van der Waals surface area contributed by atoms with E-state index in [1.54, 1.807) is 0 Å². The summed E-state index contributed by atoms with van der Waals surface area (Å²) in [4.78, 5) is 23.5. The van der Waals surface area contributed by atoms with Crippen LogP contribution in [0.4, 0.5) is 0 Å². The molecule has 0 aliphatic rings. The Morgan fingerprint density at radius 1 is 0.629 bits per heavy atom. The third-order valence-electron chi connectivity index (χ3n) is 6.45. The van der Waals surface area contributed by atoms with Gasteiger partial charge in [0.05, 0.1) is 20.3 Å². The van der Waals surface area contributed by atoms with Gasteiger partial charge in [0, 0.05) is 0 Å². The van der Waals surface area contributed by atoms with Gasteiger partial charge < -0.3 is 18.6 Å². The topological polar surface area (TPSA) is 78.9 Å². The summed E-state index contributed by atoms with van der Waals surface area (Å²) in [7, 11) is -2.72. The molecule has 0 aromatic heterocycles. The van der Waals surface area contributed by atoms with E-state index in [0.717, 1.165) is 38.5 Å². The molecule has 35 heavy (non-hydrogen) atoms. The minimum absolute atomic E-state index is 0.215. The Hall–Kier alpha value is -0.710. The van der Waals surface area contributed by atoms with Crippen molar-refractivity contribution in [2.75, 3.05) is 20.3 Å². The molecule has 0 bridgehead atoms. The highest BCUT2D eigenvalue weighted by atomic mass is 31.2. The molecule has 0 radical (unpaired) electrons. The van der Waals surface area contributed by atoms with Gasteiger partial charge in [0.15, 0.2) is 0 Å². The van der Waals surface area contributed by atoms with E-state index in [1.807, 2.05) is 0 Å². The number of hydrogen-bond donors (Lipinski definition) is 0. The zero-order chi connectivity index (χ0) is 26.0. The van der Waals surface area contributed by atoms with Crippen LogP contribution in [-0.2, 0) is 27.9 Å². The van der Waals surface area contributed by atoms with Crippen LogP contribution >= 0.6 is 7.60 Å². The molecule has 0 saturated heterocycles. The summed E-state index contributed by atoms with van der Waals surface area (Å²) in [5.74, 6) is -0.866. The number of ether oxygens (including phenoxy) is 1. The van der Waals surface area contributed by atoms with Crippen LogP contribution in [0.1, 0.15) is 142 Å². The number of unbranched alkanes of at least 4 members (excludes halogenated alkanes) is 18. The molecule has 0 spiro atoms. The molecule has 0 N–H and O–H groups in total. The van der Waals surface area contributed by atoms with Crippen LogP contribution in [-0.4, -0.2) is 38.2 Å². The molecule has 0 aliphatic carbocycles. The van der Waals surface area contributed by atoms with Gasteiger partial charge in [0.1, 0.15) is 6.29 Å². The minimum atomic E-state index is -3.90. The molecule has 1 atom stereocenters. The van der Waals surface area contributed by atoms with E-state index < -0.39 is 19.2 Å². The largest absolute Gasteiger partial charge is 0.468 e. The third-order valence-corrected chi connectivity index (χ3v) is 8.55. The van der Waals surface area contributed by atoms with Crippen LogP contribution in [0.25, 0.3) is 0 Å². The van der Waals surface area contributed by atoms with Gasteiger partial charge in [-0.25, -0.2) is 0 Å². The molecule has 0 heterocycles. The highest BCUT2D eigenvalue weighted by Gasteiger charge is 2.42. The fourth-order valence-corrected chi connectivity index (χ4v) is 5.82. The van der Waals surface area contributed by atoms with Crippen LogP contribution in [0, 0.1) is 0 Å². The molecule has 6 nitrogen and oxygen atoms in total. The first-order valence-electron chi connectivity index (χ1n) is 14.5. The first-order valence-corrected chi connectivity index (χ1v) is 16.1. The summed E-state index contributed by atoms with van der Waals surface area (Å²) in [5.41, 5.74) is -1.52. The fourth-order valence-electron chi connectivity index (χ4n) is 4.14. The normalized spacial score (nSPS) is 12.5. The van der Waals surface area contributed by atoms with E-state index in [4.69, 9.17) is 9.05 Å². The Morgan fingerprint density at radius 2 is 0.943 bits per heavy atom. The lowest BCUT2D eigenvalue weighted by molar-refractivity contribution is -0.141. The lowest BCUT2D eigenvalue weighted by Crippen LogP contribution is -2.26. The number of aldehydes is 1. The molecule has 0 fully saturated rings. The smallest absolute Gasteiger partial charge is 0.352 e. The maximum Gasteiger partial charge on any atom is 0.352 e. The SMILES string of the molecule is CCCCCCCCCCCCOP(=O)(OCCCCCCCCCCCC)C(C=O)C(=O)OC. The number of methoxy groups -OCH3 is 1. The lowest BCUT2D eigenvalue weighted by Gasteiger charge is -2.22. The Labute approximate surface area is 216 Å². The van der Waals surface area contributed by atoms with Crippen molar-refractivity contribution in [2.24, 2.45) is 0 Å². The monoisotopic (exact) mass is 518 g/mol. The Kier molecular flexibility index (Phi) is 24.5. The zero-order valence-electron chi connectivity index (χ0n) is 23.1. The minimum Gasteiger partial charge on any atom is -0.468 e. The van der Waals surface area contributed by atoms with E-state index in [9.17, 15) is 14.2 Å². The van der Waals surface area contributed by atoms with Crippen molar-refractivity contribution < 1.29 is 27.9 Å². The Morgan fingerprint density at radius 3 is 1.23 bits per heavy atom. The van der Waals surface area contributed by atoms with Crippen molar-refractivity contribution in [2.45, 2.75) is 148 Å². The van der Waals surface area contributed by atoms with Crippen LogP contribution in [0.15, 0.2) is 0 Å². The van der Waals surface area contributed by atoms with Gasteiger partial charge in [-0.1, -0.05) is 129 Å². The van der Waals surface area contributed by atoms with Crippen molar-refractivity contribution in [1.82, 2.24) is 0 Å². The summed E-state index contributed by atoms with van der Waals surface area (Å²) in [5, 5.41) is 0. The number of rotatable bonds is 27. The second-order valence-corrected chi connectivity index (χ2v) is 11.8. The molecule has 0 aromatic rings. The van der Waals surface area contributed by atoms with Crippen LogP contribution in [0.2, 0.25) is 0 Å². The van der Waals surface area contributed by atoms with Crippen molar-refractivity contribution in [3.05, 3.63) is 0 Å². The van der Waals surface area contributed by atoms with Gasteiger partial charge in [-0.2, -0.15) is 0 Å². The number of hydrogen-bond acceptors (Lipinski definition) is 6. The van der Waals surface area contributed by atoms with Gasteiger partial charge in [0.2, 0.25) is 5.66 Å². The molecule has 0 amide bonds. The van der Waals surface area contributed by atoms with Gasteiger partial charge in [-0.3, -0.25) is 9.36 Å². The molecular formula is C28H55O6P. The van der Waals surface area contributed by atoms with Gasteiger partial charge in [0.25, 0.3) is 0 Å². The summed E-state index contributed by atoms with van der Waals surface area (Å²) in [6.45, 7) is 4.89. The fraction of sp³-hybridized carbons (Fsp3) is 0.929. The average Bonchev–Trinajstić information content (AvgIpc) is 2.86. The second-order valence-electron chi connectivity index (χ2n) is 9.67. The van der Waals surface area contributed by atoms with E-state index in [1.165, 1.54) is 97.0 Å². The first-order chi connectivity index (χ1) is 17.1. The first kappa shape index (κ1) is 34.3. The van der Waals surface area contributed by atoms with Gasteiger partial charge in [-0.15, -0.1) is 0 Å². The molecule has 1 unspecified atom stereocenters. The summed E-state index contributed by atoms with van der Waals surface area (Å²) >= 11 is 0. The molecular weight excluding hydrogens is 463 g/mol. The predicted octanol–water partition coefficient (Wildman–Crippen LogP) is 8.80. The standard InChI is InChI=1S/C28H55O6P/c1-4-6-8-10-12-14-16-18-20-22-24-33-35(31,27(26-29)28(30)32-3)34-25-23-21-19-17-15-13-11-9-7-5-2/h26-27H,4-25H2,1-3H3. The summed E-state index contributed by atoms with van der Waals surface area (Å²) in [6, 6.07) is 0. The molecule has 0 saturated carbocycles. The average molecular weight is 519 g/mol. The lowest BCUT2D eigenvalue weighted by atomic mass is 10.1. The summed E-state index contributed by atoms with van der Waals surface area (Å²) < 4.78 is 29.1. The highest BCUT2D eigenvalue weighted by Crippen LogP contribution is 2.53. The van der Waals surface area contributed by atoms with Gasteiger partial charge in [-0.05, 0) is 12.8 Å². The van der Waals surface area contributed by atoms with Crippen LogP contribution in [0.5, 0.6) is 0 Å². The van der Waals surface area contributed by atoms with Crippen LogP contribution < -0.4 is 0 Å². The maximum absolute atomic E-state index is 13.3. The molecule has 208 valence electrons. The van der Waals surface area contributed by atoms with E-state index in [2.05, 4.69) is 18.6 Å². The van der Waals surface area contributed by atoms with Gasteiger partial charge >= 0.3 is 13.6 Å². The Balaban J connectivity index is 4.19. The molecule has 0 aliphatic heterocycles. The number of esters is 1. The van der Waals surface area contributed by atoms with Crippen molar-refractivity contribution in [1.29, 1.82) is 0 Å². The second kappa shape index (κ2) is 25.0. The predicted molar refractivity (Wildman–Crippen MR) is 145 cm³/mol. The van der Waals surface area contributed by atoms with Crippen molar-refractivity contribution >= 4 is 19.9 Å². The maximum atomic E-state index is 13.3. The molecule has 7 heteroatoms. The Bertz CT molecular complexity index is 510. The van der Waals surface area contributed by atoms with Crippen molar-refractivity contribution in [3.8, 4) is 0 Å². The van der Waals surface area contributed by atoms with Crippen LogP contribution in [0.3, 0.4) is 0 Å². The third kappa shape index (κ3) is 19.1. The quantitative estimate of drug-likeness (QED) is 0.0355. The molecule has 0 aromatic carbocycles. The van der Waals surface area contributed by atoms with E-state index >= 15 is 0 Å². The number of carbonyl (C=O) groups excluding carboxylic acids is 2. The summed E-state index contributed by atoms with van der Waals surface area (Å²) in [6.07, 6.45) is 23.9. The van der Waals surface area contributed by atoms with E-state index in [0.29, 0.717) is 6.29 Å². The highest BCUT2D eigenvalue weighted by molar-refractivity contribution is 7.56. The van der Waals surface area contributed by atoms with E-state index in [-0.39, 0.29) is 13.2 Å².